The molecule has 1 saturated heterocycles. The molecule has 1 fully saturated rings. The molecule has 3 aromatic rings. The number of nitrogens with zero attached hydrogens (tertiary/aromatic N) is 3. The third kappa shape index (κ3) is 5.09. The van der Waals surface area contributed by atoms with Gasteiger partial charge in [0.05, 0.1) is 17.0 Å². The summed E-state index contributed by atoms with van der Waals surface area (Å²) in [6.07, 6.45) is 0. The van der Waals surface area contributed by atoms with E-state index in [2.05, 4.69) is 34.3 Å². The van der Waals surface area contributed by atoms with Crippen molar-refractivity contribution in [3.05, 3.63) is 102 Å². The van der Waals surface area contributed by atoms with E-state index >= 15 is 0 Å². The molecule has 0 bridgehead atoms. The number of carbonyl (C=O) groups is 2. The molecule has 2 aliphatic rings. The van der Waals surface area contributed by atoms with Gasteiger partial charge in [0.1, 0.15) is 6.04 Å². The van der Waals surface area contributed by atoms with Crippen LogP contribution in [-0.4, -0.2) is 60.4 Å². The fourth-order valence-corrected chi connectivity index (χ4v) is 5.33. The van der Waals surface area contributed by atoms with Crippen molar-refractivity contribution in [2.75, 3.05) is 38.1 Å². The lowest BCUT2D eigenvalue weighted by Gasteiger charge is -2.36. The predicted octanol–water partition coefficient (Wildman–Crippen LogP) is 4.80. The lowest BCUT2D eigenvalue weighted by atomic mass is 9.98. The Bertz CT molecular complexity index is 1340. The standard InChI is InChI=1S/C32H36N4O2/c1-32(2,3)33-30(37)29(24-15-9-6-10-16-24)36-26-18-12-11-17-25(26)27(31(36)38)28(23-13-7-5-8-14-23)35-21-19-34(4)20-22-35/h5-18,29H,19-22H2,1-4H3,(H,33,37)/b28-27-. The summed E-state index contributed by atoms with van der Waals surface area (Å²) in [5.74, 6) is -0.351. The van der Waals surface area contributed by atoms with Gasteiger partial charge in [-0.25, -0.2) is 0 Å². The molecule has 0 aromatic heterocycles. The number of likely N-dealkylation sites (N-methyl/N-ethyl adjacent to an activating group) is 1. The maximum absolute atomic E-state index is 14.6. The minimum absolute atomic E-state index is 0.151. The molecule has 2 heterocycles. The Morgan fingerprint density at radius 2 is 1.39 bits per heavy atom. The molecule has 38 heavy (non-hydrogen) atoms. The highest BCUT2D eigenvalue weighted by Gasteiger charge is 2.43. The molecule has 0 aliphatic carbocycles. The van der Waals surface area contributed by atoms with E-state index in [1.54, 1.807) is 4.90 Å². The molecule has 3 aromatic carbocycles. The second-order valence-electron chi connectivity index (χ2n) is 11.1. The van der Waals surface area contributed by atoms with Crippen LogP contribution in [0.4, 0.5) is 5.69 Å². The third-order valence-corrected chi connectivity index (χ3v) is 7.09. The number of hydrogen-bond donors (Lipinski definition) is 1. The van der Waals surface area contributed by atoms with Gasteiger partial charge < -0.3 is 15.1 Å². The van der Waals surface area contributed by atoms with E-state index in [0.29, 0.717) is 5.57 Å². The monoisotopic (exact) mass is 508 g/mol. The molecule has 6 nitrogen and oxygen atoms in total. The molecular formula is C32H36N4O2. The Labute approximate surface area is 225 Å². The van der Waals surface area contributed by atoms with Crippen molar-refractivity contribution in [2.45, 2.75) is 32.4 Å². The van der Waals surface area contributed by atoms with E-state index in [1.807, 2.05) is 93.6 Å². The zero-order valence-electron chi connectivity index (χ0n) is 22.6. The Kier molecular flexibility index (Phi) is 7.09. The van der Waals surface area contributed by atoms with Crippen LogP contribution in [0, 0.1) is 0 Å². The van der Waals surface area contributed by atoms with Crippen LogP contribution in [0.1, 0.15) is 43.5 Å². The van der Waals surface area contributed by atoms with Gasteiger partial charge in [0.15, 0.2) is 0 Å². The number of fused-ring (bicyclic) bond motifs is 1. The van der Waals surface area contributed by atoms with E-state index < -0.39 is 11.6 Å². The first-order valence-corrected chi connectivity index (χ1v) is 13.3. The summed E-state index contributed by atoms with van der Waals surface area (Å²) >= 11 is 0. The molecule has 2 aliphatic heterocycles. The minimum Gasteiger partial charge on any atom is -0.368 e. The fourth-order valence-electron chi connectivity index (χ4n) is 5.33. The maximum atomic E-state index is 14.6. The van der Waals surface area contributed by atoms with Crippen LogP contribution >= 0.6 is 0 Å². The van der Waals surface area contributed by atoms with Crippen molar-refractivity contribution < 1.29 is 9.59 Å². The number of piperazine rings is 1. The molecule has 1 atom stereocenters. The number of para-hydroxylation sites is 1. The Morgan fingerprint density at radius 3 is 2.03 bits per heavy atom. The first-order chi connectivity index (χ1) is 18.2. The van der Waals surface area contributed by atoms with Crippen molar-refractivity contribution in [3.8, 4) is 0 Å². The van der Waals surface area contributed by atoms with Gasteiger partial charge in [-0.15, -0.1) is 0 Å². The van der Waals surface area contributed by atoms with E-state index in [1.165, 1.54) is 0 Å². The van der Waals surface area contributed by atoms with Gasteiger partial charge >= 0.3 is 0 Å². The maximum Gasteiger partial charge on any atom is 0.262 e. The molecule has 1 unspecified atom stereocenters. The smallest absolute Gasteiger partial charge is 0.262 e. The average Bonchev–Trinajstić information content (AvgIpc) is 3.18. The predicted molar refractivity (Wildman–Crippen MR) is 153 cm³/mol. The number of benzene rings is 3. The average molecular weight is 509 g/mol. The lowest BCUT2D eigenvalue weighted by Crippen LogP contribution is -2.48. The Hall–Kier alpha value is -3.90. The van der Waals surface area contributed by atoms with E-state index in [9.17, 15) is 9.59 Å². The van der Waals surface area contributed by atoms with Crippen molar-refractivity contribution in [1.29, 1.82) is 0 Å². The first kappa shape index (κ1) is 25.7. The second kappa shape index (κ2) is 10.5. The number of hydrogen-bond acceptors (Lipinski definition) is 4. The summed E-state index contributed by atoms with van der Waals surface area (Å²) in [7, 11) is 2.13. The summed E-state index contributed by atoms with van der Waals surface area (Å²) in [5.41, 5.74) is 4.54. The van der Waals surface area contributed by atoms with Crippen LogP contribution in [0.2, 0.25) is 0 Å². The van der Waals surface area contributed by atoms with Crippen LogP contribution in [-0.2, 0) is 9.59 Å². The van der Waals surface area contributed by atoms with E-state index in [0.717, 1.165) is 54.3 Å². The van der Waals surface area contributed by atoms with Gasteiger partial charge in [-0.3, -0.25) is 14.5 Å². The topological polar surface area (TPSA) is 55.9 Å². The number of amides is 2. The molecular weight excluding hydrogens is 472 g/mol. The summed E-state index contributed by atoms with van der Waals surface area (Å²) in [5, 5.41) is 3.13. The Balaban J connectivity index is 1.71. The first-order valence-electron chi connectivity index (χ1n) is 13.3. The van der Waals surface area contributed by atoms with Crippen molar-refractivity contribution in [2.24, 2.45) is 0 Å². The molecule has 0 radical (unpaired) electrons. The van der Waals surface area contributed by atoms with Crippen molar-refractivity contribution in [3.63, 3.8) is 0 Å². The molecule has 0 spiro atoms. The quantitative estimate of drug-likeness (QED) is 0.503. The highest BCUT2D eigenvalue weighted by Crippen LogP contribution is 2.45. The van der Waals surface area contributed by atoms with Gasteiger partial charge in [0, 0.05) is 37.3 Å². The van der Waals surface area contributed by atoms with Gasteiger partial charge in [0.2, 0.25) is 5.91 Å². The summed E-state index contributed by atoms with van der Waals surface area (Å²) in [6.45, 7) is 9.36. The van der Waals surface area contributed by atoms with Gasteiger partial charge in [0.25, 0.3) is 5.91 Å². The van der Waals surface area contributed by atoms with Gasteiger partial charge in [-0.05, 0) is 45.0 Å². The van der Waals surface area contributed by atoms with Crippen LogP contribution in [0.25, 0.3) is 11.3 Å². The van der Waals surface area contributed by atoms with Crippen molar-refractivity contribution in [1.82, 2.24) is 15.1 Å². The normalized spacial score (nSPS) is 18.3. The van der Waals surface area contributed by atoms with Gasteiger partial charge in [-0.1, -0.05) is 78.9 Å². The zero-order chi connectivity index (χ0) is 26.9. The lowest BCUT2D eigenvalue weighted by molar-refractivity contribution is -0.126. The fraction of sp³-hybridized carbons (Fsp3) is 0.312. The summed E-state index contributed by atoms with van der Waals surface area (Å²) < 4.78 is 0. The third-order valence-electron chi connectivity index (χ3n) is 7.09. The van der Waals surface area contributed by atoms with Crippen molar-refractivity contribution >= 4 is 28.8 Å². The second-order valence-corrected chi connectivity index (χ2v) is 11.1. The van der Waals surface area contributed by atoms with E-state index in [4.69, 9.17) is 0 Å². The molecule has 196 valence electrons. The Morgan fingerprint density at radius 1 is 0.816 bits per heavy atom. The molecule has 6 heteroatoms. The van der Waals surface area contributed by atoms with Gasteiger partial charge in [-0.2, -0.15) is 0 Å². The van der Waals surface area contributed by atoms with E-state index in [-0.39, 0.29) is 11.8 Å². The SMILES string of the molecule is CN1CCN(/C(=C2\C(=O)N(C(C(=O)NC(C)(C)C)c3ccccc3)c3ccccc32)c2ccccc2)CC1. The number of carbonyl (C=O) groups excluding carboxylic acids is 2. The number of nitrogens with one attached hydrogen (secondary N) is 1. The summed E-state index contributed by atoms with van der Waals surface area (Å²) in [4.78, 5) is 34.8. The van der Waals surface area contributed by atoms with Crippen LogP contribution < -0.4 is 10.2 Å². The molecule has 5 rings (SSSR count). The highest BCUT2D eigenvalue weighted by atomic mass is 16.2. The highest BCUT2D eigenvalue weighted by molar-refractivity contribution is 6.38. The van der Waals surface area contributed by atoms with Crippen LogP contribution in [0.5, 0.6) is 0 Å². The molecule has 0 saturated carbocycles. The minimum atomic E-state index is -0.800. The zero-order valence-corrected chi connectivity index (χ0v) is 22.6. The summed E-state index contributed by atoms with van der Waals surface area (Å²) in [6, 6.07) is 26.8. The number of anilines is 1. The van der Waals surface area contributed by atoms with Crippen LogP contribution in [0.15, 0.2) is 84.9 Å². The molecule has 1 N–H and O–H groups in total. The van der Waals surface area contributed by atoms with Crippen LogP contribution in [0.3, 0.4) is 0 Å². The number of rotatable bonds is 5. The molecule has 2 amide bonds. The largest absolute Gasteiger partial charge is 0.368 e.